The maximum Gasteiger partial charge on any atom is 0.265 e. The van der Waals surface area contributed by atoms with Crippen molar-refractivity contribution < 1.29 is 17.9 Å². The molecular weight excluding hydrogens is 424 g/mol. The molecule has 0 fully saturated rings. The van der Waals surface area contributed by atoms with E-state index in [0.29, 0.717) is 23.0 Å². The van der Waals surface area contributed by atoms with Gasteiger partial charge in [0.1, 0.15) is 5.75 Å². The summed E-state index contributed by atoms with van der Waals surface area (Å²) >= 11 is 0. The molecule has 0 saturated carbocycles. The minimum Gasteiger partial charge on any atom is -0.481 e. The lowest BCUT2D eigenvalue weighted by Crippen LogP contribution is -2.30. The normalized spacial score (nSPS) is 13.1. The SMILES string of the molecule is CCC(C)c1ccccc1OC(C)C(=O)Nc1ccc(S(=O)(=O)Nc2ccccc2)cc1. The topological polar surface area (TPSA) is 84.5 Å². The molecule has 2 unspecified atom stereocenters. The summed E-state index contributed by atoms with van der Waals surface area (Å²) in [6.07, 6.45) is 0.248. The van der Waals surface area contributed by atoms with Crippen LogP contribution in [0.15, 0.2) is 83.8 Å². The summed E-state index contributed by atoms with van der Waals surface area (Å²) in [6, 6.07) is 22.4. The van der Waals surface area contributed by atoms with Crippen LogP contribution in [0.5, 0.6) is 5.75 Å². The number of nitrogens with one attached hydrogen (secondary N) is 2. The van der Waals surface area contributed by atoms with Gasteiger partial charge in [0.2, 0.25) is 0 Å². The van der Waals surface area contributed by atoms with Gasteiger partial charge in [-0.3, -0.25) is 9.52 Å². The number of rotatable bonds is 9. The van der Waals surface area contributed by atoms with Crippen molar-refractivity contribution in [3.05, 3.63) is 84.4 Å². The summed E-state index contributed by atoms with van der Waals surface area (Å²) in [4.78, 5) is 12.7. The standard InChI is InChI=1S/C25H28N2O4S/c1-4-18(2)23-12-8-9-13-24(23)31-19(3)25(28)26-20-14-16-22(17-15-20)32(29,30)27-21-10-6-5-7-11-21/h5-19,27H,4H2,1-3H3,(H,26,28). The van der Waals surface area contributed by atoms with Crippen LogP contribution >= 0.6 is 0 Å². The maximum atomic E-state index is 12.6. The first-order valence-electron chi connectivity index (χ1n) is 10.5. The molecule has 1 amide bonds. The molecule has 0 radical (unpaired) electrons. The fourth-order valence-corrected chi connectivity index (χ4v) is 4.20. The minimum absolute atomic E-state index is 0.103. The van der Waals surface area contributed by atoms with E-state index >= 15 is 0 Å². The molecule has 6 nitrogen and oxygen atoms in total. The summed E-state index contributed by atoms with van der Waals surface area (Å²) in [5.41, 5.74) is 2.03. The predicted octanol–water partition coefficient (Wildman–Crippen LogP) is 5.41. The van der Waals surface area contributed by atoms with E-state index in [1.807, 2.05) is 30.3 Å². The van der Waals surface area contributed by atoms with Gasteiger partial charge in [0.25, 0.3) is 15.9 Å². The van der Waals surface area contributed by atoms with Crippen LogP contribution in [0, 0.1) is 0 Å². The average Bonchev–Trinajstić information content (AvgIpc) is 2.79. The van der Waals surface area contributed by atoms with E-state index in [1.54, 1.807) is 43.3 Å². The summed E-state index contributed by atoms with van der Waals surface area (Å²) in [7, 11) is -3.72. The number of ether oxygens (including phenoxy) is 1. The van der Waals surface area contributed by atoms with Gasteiger partial charge in [0.05, 0.1) is 4.90 Å². The molecule has 0 aliphatic rings. The lowest BCUT2D eigenvalue weighted by molar-refractivity contribution is -0.122. The van der Waals surface area contributed by atoms with E-state index < -0.39 is 16.1 Å². The van der Waals surface area contributed by atoms with Gasteiger partial charge in [-0.1, -0.05) is 50.2 Å². The zero-order valence-electron chi connectivity index (χ0n) is 18.4. The van der Waals surface area contributed by atoms with Crippen molar-refractivity contribution >= 4 is 27.3 Å². The van der Waals surface area contributed by atoms with Crippen LogP contribution in [-0.2, 0) is 14.8 Å². The molecule has 3 rings (SSSR count). The molecule has 3 aromatic rings. The van der Waals surface area contributed by atoms with Gasteiger partial charge in [-0.25, -0.2) is 8.42 Å². The summed E-state index contributed by atoms with van der Waals surface area (Å²) < 4.78 is 33.5. The van der Waals surface area contributed by atoms with Crippen LogP contribution in [-0.4, -0.2) is 20.4 Å². The molecule has 168 valence electrons. The molecule has 7 heteroatoms. The van der Waals surface area contributed by atoms with Crippen LogP contribution in [0.2, 0.25) is 0 Å². The Kier molecular flexibility index (Phi) is 7.53. The van der Waals surface area contributed by atoms with Crippen LogP contribution < -0.4 is 14.8 Å². The van der Waals surface area contributed by atoms with E-state index in [0.717, 1.165) is 12.0 Å². The van der Waals surface area contributed by atoms with Crippen molar-refractivity contribution in [1.82, 2.24) is 0 Å². The van der Waals surface area contributed by atoms with Crippen LogP contribution in [0.4, 0.5) is 11.4 Å². The number of sulfonamides is 1. The molecule has 0 heterocycles. The molecule has 2 atom stereocenters. The highest BCUT2D eigenvalue weighted by atomic mass is 32.2. The Hall–Kier alpha value is -3.32. The minimum atomic E-state index is -3.72. The first kappa shape index (κ1) is 23.3. The van der Waals surface area contributed by atoms with Gasteiger partial charge in [0.15, 0.2) is 6.10 Å². The average molecular weight is 453 g/mol. The Balaban J connectivity index is 1.65. The zero-order chi connectivity index (χ0) is 23.1. The van der Waals surface area contributed by atoms with E-state index in [1.165, 1.54) is 12.1 Å². The third kappa shape index (κ3) is 5.88. The Bertz CT molecular complexity index is 1150. The number of carbonyl (C=O) groups is 1. The molecule has 3 aromatic carbocycles. The maximum absolute atomic E-state index is 12.6. The van der Waals surface area contributed by atoms with E-state index in [9.17, 15) is 13.2 Å². The van der Waals surface area contributed by atoms with Crippen molar-refractivity contribution in [2.75, 3.05) is 10.0 Å². The number of anilines is 2. The molecule has 0 aliphatic carbocycles. The third-order valence-corrected chi connectivity index (χ3v) is 6.59. The molecule has 0 aliphatic heterocycles. The molecule has 2 N–H and O–H groups in total. The van der Waals surface area contributed by atoms with Crippen LogP contribution in [0.1, 0.15) is 38.7 Å². The Morgan fingerprint density at radius 3 is 2.16 bits per heavy atom. The Morgan fingerprint density at radius 1 is 0.875 bits per heavy atom. The second-order valence-electron chi connectivity index (χ2n) is 7.59. The lowest BCUT2D eigenvalue weighted by Gasteiger charge is -2.19. The highest BCUT2D eigenvalue weighted by molar-refractivity contribution is 7.92. The van der Waals surface area contributed by atoms with Crippen LogP contribution in [0.25, 0.3) is 0 Å². The fourth-order valence-electron chi connectivity index (χ4n) is 3.14. The number of para-hydroxylation sites is 2. The van der Waals surface area contributed by atoms with Gasteiger partial charge in [0, 0.05) is 11.4 Å². The van der Waals surface area contributed by atoms with Crippen molar-refractivity contribution in [2.24, 2.45) is 0 Å². The van der Waals surface area contributed by atoms with E-state index in [4.69, 9.17) is 4.74 Å². The fraction of sp³-hybridized carbons (Fsp3) is 0.240. The molecule has 32 heavy (non-hydrogen) atoms. The van der Waals surface area contributed by atoms with Crippen LogP contribution in [0.3, 0.4) is 0 Å². The molecule has 0 saturated heterocycles. The molecule has 0 spiro atoms. The third-order valence-electron chi connectivity index (χ3n) is 5.19. The lowest BCUT2D eigenvalue weighted by atomic mass is 9.98. The smallest absolute Gasteiger partial charge is 0.265 e. The molecule has 0 bridgehead atoms. The molecule has 0 aromatic heterocycles. The van der Waals surface area contributed by atoms with Gasteiger partial charge < -0.3 is 10.1 Å². The second kappa shape index (κ2) is 10.3. The van der Waals surface area contributed by atoms with Crippen molar-refractivity contribution in [2.45, 2.75) is 44.1 Å². The number of hydrogen-bond acceptors (Lipinski definition) is 4. The number of benzene rings is 3. The monoisotopic (exact) mass is 452 g/mol. The van der Waals surface area contributed by atoms with Crippen molar-refractivity contribution in [3.63, 3.8) is 0 Å². The summed E-state index contributed by atoms with van der Waals surface area (Å²) in [5.74, 6) is 0.695. The van der Waals surface area contributed by atoms with Crippen molar-refractivity contribution in [3.8, 4) is 5.75 Å². The van der Waals surface area contributed by atoms with E-state index in [2.05, 4.69) is 23.9 Å². The highest BCUT2D eigenvalue weighted by Crippen LogP contribution is 2.29. The number of amides is 1. The highest BCUT2D eigenvalue weighted by Gasteiger charge is 2.19. The quantitative estimate of drug-likeness (QED) is 0.455. The summed E-state index contributed by atoms with van der Waals surface area (Å²) in [5, 5.41) is 2.77. The Labute approximate surface area is 189 Å². The number of hydrogen-bond donors (Lipinski definition) is 2. The molecular formula is C25H28N2O4S. The van der Waals surface area contributed by atoms with Gasteiger partial charge in [-0.05, 0) is 67.3 Å². The first-order chi connectivity index (χ1) is 15.3. The summed E-state index contributed by atoms with van der Waals surface area (Å²) in [6.45, 7) is 5.91. The Morgan fingerprint density at radius 2 is 1.50 bits per heavy atom. The second-order valence-corrected chi connectivity index (χ2v) is 9.27. The predicted molar refractivity (Wildman–Crippen MR) is 128 cm³/mol. The van der Waals surface area contributed by atoms with Gasteiger partial charge in [-0.15, -0.1) is 0 Å². The van der Waals surface area contributed by atoms with Gasteiger partial charge >= 0.3 is 0 Å². The zero-order valence-corrected chi connectivity index (χ0v) is 19.2. The number of carbonyl (C=O) groups excluding carboxylic acids is 1. The largest absolute Gasteiger partial charge is 0.481 e. The first-order valence-corrected chi connectivity index (χ1v) is 12.0. The van der Waals surface area contributed by atoms with Crippen molar-refractivity contribution in [1.29, 1.82) is 0 Å². The van der Waals surface area contributed by atoms with Gasteiger partial charge in [-0.2, -0.15) is 0 Å². The van der Waals surface area contributed by atoms with E-state index in [-0.39, 0.29) is 10.8 Å².